The smallest absolute Gasteiger partial charge is 0.0561 e. The van der Waals surface area contributed by atoms with Gasteiger partial charge in [0.2, 0.25) is 0 Å². The van der Waals surface area contributed by atoms with E-state index >= 15 is 0 Å². The third-order valence-corrected chi connectivity index (χ3v) is 6.53. The minimum Gasteiger partial charge on any atom is -0.314 e. The Morgan fingerprint density at radius 2 is 1.12 bits per heavy atom. The second-order valence-corrected chi connectivity index (χ2v) is 9.07. The monoisotopic (exact) mass is 442 g/mol. The summed E-state index contributed by atoms with van der Waals surface area (Å²) in [6, 6.07) is 8.26. The predicted octanol–water partition coefficient (Wildman–Crippen LogP) is -1.98. The van der Waals surface area contributed by atoms with Crippen LogP contribution >= 0.6 is 0 Å². The van der Waals surface area contributed by atoms with Crippen molar-refractivity contribution >= 4 is 0 Å². The van der Waals surface area contributed by atoms with Crippen molar-refractivity contribution in [1.82, 2.24) is 42.5 Å². The normalized spacial score (nSPS) is 29.0. The van der Waals surface area contributed by atoms with E-state index in [1.54, 1.807) is 0 Å². The van der Waals surface area contributed by atoms with Gasteiger partial charge in [-0.25, -0.2) is 0 Å². The molecule has 1 aromatic carbocycles. The van der Waals surface area contributed by atoms with Gasteiger partial charge >= 0.3 is 0 Å². The fraction of sp³-hybridized carbons (Fsp3) is 0.667. The molecule has 0 aliphatic carbocycles. The van der Waals surface area contributed by atoms with E-state index in [2.05, 4.69) is 67.6 Å². The Bertz CT molecular complexity index is 655. The molecule has 0 atom stereocenters. The van der Waals surface area contributed by atoms with Crippen molar-refractivity contribution in [2.45, 2.75) is 17.6 Å². The van der Waals surface area contributed by atoms with E-state index < -0.39 is 0 Å². The summed E-state index contributed by atoms with van der Waals surface area (Å²) in [5.41, 5.74) is 2.05. The average Bonchev–Trinajstić information content (AvgIpc) is 2.83. The summed E-state index contributed by atoms with van der Waals surface area (Å²) >= 11 is 0. The predicted molar refractivity (Wildman–Crippen MR) is 133 cm³/mol. The summed E-state index contributed by atoms with van der Waals surface area (Å²) in [7, 11) is 2.06. The van der Waals surface area contributed by atoms with E-state index in [1.165, 1.54) is 5.56 Å². The first kappa shape index (κ1) is 25.1. The van der Waals surface area contributed by atoms with Crippen LogP contribution in [0.25, 0.3) is 0 Å². The molecule has 4 rings (SSSR count). The summed E-state index contributed by atoms with van der Waals surface area (Å²) in [5.74, 6) is 2.69. The van der Waals surface area contributed by atoms with Crippen molar-refractivity contribution in [3.63, 3.8) is 0 Å². The third-order valence-electron chi connectivity index (χ3n) is 6.53. The molecule has 1 aromatic rings. The van der Waals surface area contributed by atoms with Crippen LogP contribution in [0.5, 0.6) is 0 Å². The maximum absolute atomic E-state index is 5.50. The highest BCUT2D eigenvalue weighted by molar-refractivity contribution is 5.34. The van der Waals surface area contributed by atoms with E-state index in [4.69, 9.17) is 6.42 Å². The molecule has 0 unspecified atom stereocenters. The number of rotatable bonds is 4. The molecule has 0 saturated carbocycles. The van der Waals surface area contributed by atoms with Gasteiger partial charge in [0, 0.05) is 90.6 Å². The lowest BCUT2D eigenvalue weighted by molar-refractivity contribution is 0.260. The molecule has 8 N–H and O–H groups in total. The zero-order valence-corrected chi connectivity index (χ0v) is 19.6. The molecule has 8 heteroatoms. The number of terminal acetylenes is 1. The molecule has 8 nitrogen and oxygen atoms in total. The number of hydrogen-bond acceptors (Lipinski definition) is 8. The quantitative estimate of drug-likeness (QED) is 0.254. The van der Waals surface area contributed by atoms with Crippen LogP contribution in [-0.4, -0.2) is 96.7 Å². The Labute approximate surface area is 193 Å². The van der Waals surface area contributed by atoms with E-state index in [0.29, 0.717) is 0 Å². The maximum Gasteiger partial charge on any atom is 0.0561 e. The van der Waals surface area contributed by atoms with Gasteiger partial charge in [-0.05, 0) is 24.7 Å². The fourth-order valence-corrected chi connectivity index (χ4v) is 4.33. The first-order valence-electron chi connectivity index (χ1n) is 11.9. The van der Waals surface area contributed by atoms with Crippen LogP contribution in [0.4, 0.5) is 0 Å². The fourth-order valence-electron chi connectivity index (χ4n) is 4.33. The molecule has 3 aliphatic heterocycles. The number of fused-ring (bicyclic) bond motifs is 15. The van der Waals surface area contributed by atoms with E-state index in [0.717, 1.165) is 90.6 Å². The van der Waals surface area contributed by atoms with Crippen molar-refractivity contribution in [3.05, 3.63) is 35.4 Å². The van der Waals surface area contributed by atoms with Gasteiger partial charge in [-0.3, -0.25) is 0 Å². The first-order valence-corrected chi connectivity index (χ1v) is 11.9. The van der Waals surface area contributed by atoms with Crippen molar-refractivity contribution in [3.8, 4) is 12.3 Å². The van der Waals surface area contributed by atoms with Crippen molar-refractivity contribution in [2.24, 2.45) is 0 Å². The molecule has 3 heterocycles. The summed E-state index contributed by atoms with van der Waals surface area (Å²) < 4.78 is 0. The third kappa shape index (κ3) is 7.80. The van der Waals surface area contributed by atoms with Gasteiger partial charge in [0.05, 0.1) is 11.1 Å². The molecule has 0 radical (unpaired) electrons. The second-order valence-electron chi connectivity index (χ2n) is 9.07. The molecule has 32 heavy (non-hydrogen) atoms. The number of likely N-dealkylation sites (N-methyl/N-ethyl adjacent to an activating group) is 1. The lowest BCUT2D eigenvalue weighted by Crippen LogP contribution is -2.66. The number of hydrogen-bond donors (Lipinski definition) is 8. The Hall–Kier alpha value is -1.54. The number of benzene rings is 1. The lowest BCUT2D eigenvalue weighted by atomic mass is 9.97. The van der Waals surface area contributed by atoms with Gasteiger partial charge in [-0.1, -0.05) is 18.1 Å². The Kier molecular flexibility index (Phi) is 10.4. The highest BCUT2D eigenvalue weighted by atomic mass is 15.2. The highest BCUT2D eigenvalue weighted by Gasteiger charge is 2.30. The summed E-state index contributed by atoms with van der Waals surface area (Å²) in [5, 5.41) is 29.4. The SMILES string of the molecule is C#Cc1ccc(CNC23CNCCNCC(NC)(CNCCNC2)CNCCNC3)cc1. The Morgan fingerprint density at radius 3 is 1.50 bits per heavy atom. The Balaban J connectivity index is 1.71. The summed E-state index contributed by atoms with van der Waals surface area (Å²) in [4.78, 5) is 0. The average molecular weight is 443 g/mol. The lowest BCUT2D eigenvalue weighted by Gasteiger charge is -2.38. The molecule has 3 fully saturated rings. The second kappa shape index (κ2) is 13.2. The van der Waals surface area contributed by atoms with Crippen LogP contribution in [0.2, 0.25) is 0 Å². The van der Waals surface area contributed by atoms with Gasteiger partial charge in [0.1, 0.15) is 0 Å². The van der Waals surface area contributed by atoms with Gasteiger partial charge in [-0.2, -0.15) is 0 Å². The first-order chi connectivity index (χ1) is 15.7. The molecule has 178 valence electrons. The van der Waals surface area contributed by atoms with Crippen LogP contribution < -0.4 is 42.5 Å². The van der Waals surface area contributed by atoms with E-state index in [1.807, 2.05) is 12.1 Å². The minimum absolute atomic E-state index is 0.00544. The van der Waals surface area contributed by atoms with Crippen molar-refractivity contribution in [2.75, 3.05) is 85.6 Å². The standard InChI is InChI=1S/C24H42N8/c1-3-21-4-6-22(7-5-21)14-32-24-18-29-11-8-26-15-23(25-2,16-27-9-12-30-19-24)17-28-10-13-31-20-24/h1,4-7,25-32H,8-20H2,2H3. The summed E-state index contributed by atoms with van der Waals surface area (Å²) in [6.45, 7) is 11.8. The topological polar surface area (TPSA) is 96.2 Å². The minimum atomic E-state index is -0.103. The van der Waals surface area contributed by atoms with Gasteiger partial charge < -0.3 is 42.5 Å². The van der Waals surface area contributed by atoms with Crippen LogP contribution in [0.15, 0.2) is 24.3 Å². The molecular weight excluding hydrogens is 400 g/mol. The van der Waals surface area contributed by atoms with E-state index in [9.17, 15) is 0 Å². The van der Waals surface area contributed by atoms with Gasteiger partial charge in [-0.15, -0.1) is 6.42 Å². The maximum atomic E-state index is 5.50. The zero-order valence-electron chi connectivity index (χ0n) is 19.6. The van der Waals surface area contributed by atoms with E-state index in [-0.39, 0.29) is 11.1 Å². The number of nitrogens with one attached hydrogen (secondary N) is 8. The highest BCUT2D eigenvalue weighted by Crippen LogP contribution is 2.08. The van der Waals surface area contributed by atoms with Gasteiger partial charge in [0.15, 0.2) is 0 Å². The molecule has 3 aliphatic rings. The van der Waals surface area contributed by atoms with Crippen molar-refractivity contribution < 1.29 is 0 Å². The molecular formula is C24H42N8. The molecule has 0 spiro atoms. The zero-order chi connectivity index (χ0) is 22.5. The molecule has 3 saturated heterocycles. The summed E-state index contributed by atoms with van der Waals surface area (Å²) in [6.07, 6.45) is 5.50. The largest absolute Gasteiger partial charge is 0.314 e. The van der Waals surface area contributed by atoms with Gasteiger partial charge in [0.25, 0.3) is 0 Å². The molecule has 0 amide bonds. The molecule has 0 aromatic heterocycles. The van der Waals surface area contributed by atoms with Crippen LogP contribution in [0, 0.1) is 12.3 Å². The van der Waals surface area contributed by atoms with Crippen LogP contribution in [0.1, 0.15) is 11.1 Å². The van der Waals surface area contributed by atoms with Crippen LogP contribution in [-0.2, 0) is 6.54 Å². The molecule has 2 bridgehead atoms. The van der Waals surface area contributed by atoms with Crippen molar-refractivity contribution in [1.29, 1.82) is 0 Å². The van der Waals surface area contributed by atoms with Crippen LogP contribution in [0.3, 0.4) is 0 Å². The Morgan fingerprint density at radius 1 is 0.719 bits per heavy atom.